The monoisotopic (exact) mass is 429 g/mol. The van der Waals surface area contributed by atoms with E-state index in [4.69, 9.17) is 9.47 Å². The molecule has 0 fully saturated rings. The van der Waals surface area contributed by atoms with Crippen LogP contribution in [0.3, 0.4) is 0 Å². The number of benzene rings is 3. The van der Waals surface area contributed by atoms with Crippen molar-refractivity contribution in [2.24, 2.45) is 0 Å². The molecule has 0 spiro atoms. The lowest BCUT2D eigenvalue weighted by Crippen LogP contribution is -2.39. The van der Waals surface area contributed by atoms with Crippen LogP contribution in [0.2, 0.25) is 0 Å². The molecule has 3 aromatic rings. The zero-order valence-electron chi connectivity index (χ0n) is 18.1. The number of para-hydroxylation sites is 1. The molecule has 0 N–H and O–H groups in total. The molecule has 0 unspecified atom stereocenters. The Kier molecular flexibility index (Phi) is 6.97. The van der Waals surface area contributed by atoms with Gasteiger partial charge in [-0.05, 0) is 30.5 Å². The second-order valence-electron chi connectivity index (χ2n) is 7.73. The minimum atomic E-state index is -0.763. The van der Waals surface area contributed by atoms with Crippen molar-refractivity contribution in [3.05, 3.63) is 102 Å². The van der Waals surface area contributed by atoms with Crippen molar-refractivity contribution in [2.45, 2.75) is 38.5 Å². The van der Waals surface area contributed by atoms with Gasteiger partial charge in [0.15, 0.2) is 0 Å². The van der Waals surface area contributed by atoms with E-state index in [2.05, 4.69) is 0 Å². The molecule has 164 valence electrons. The maximum absolute atomic E-state index is 13.7. The zero-order valence-corrected chi connectivity index (χ0v) is 18.1. The van der Waals surface area contributed by atoms with Crippen LogP contribution in [0.5, 0.6) is 0 Å². The van der Waals surface area contributed by atoms with E-state index in [0.29, 0.717) is 13.2 Å². The molecule has 3 aromatic carbocycles. The predicted molar refractivity (Wildman–Crippen MR) is 123 cm³/mol. The molecule has 2 atom stereocenters. The van der Waals surface area contributed by atoms with Gasteiger partial charge >= 0.3 is 5.97 Å². The quantitative estimate of drug-likeness (QED) is 0.493. The Morgan fingerprint density at radius 2 is 1.59 bits per heavy atom. The number of esters is 1. The first kappa shape index (κ1) is 21.8. The fraction of sp³-hybridized carbons (Fsp3) is 0.259. The summed E-state index contributed by atoms with van der Waals surface area (Å²) in [6.45, 7) is 2.52. The van der Waals surface area contributed by atoms with Gasteiger partial charge in [-0.1, -0.05) is 78.9 Å². The second-order valence-corrected chi connectivity index (χ2v) is 7.73. The normalized spacial score (nSPS) is 18.0. The minimum absolute atomic E-state index is 0.126. The van der Waals surface area contributed by atoms with Crippen molar-refractivity contribution in [3.63, 3.8) is 0 Å². The van der Waals surface area contributed by atoms with Crippen LogP contribution < -0.4 is 4.90 Å². The van der Waals surface area contributed by atoms with Gasteiger partial charge in [-0.3, -0.25) is 9.59 Å². The molecule has 4 rings (SSSR count). The van der Waals surface area contributed by atoms with Crippen molar-refractivity contribution in [1.82, 2.24) is 0 Å². The van der Waals surface area contributed by atoms with Gasteiger partial charge in [0.25, 0.3) is 5.91 Å². The minimum Gasteiger partial charge on any atom is -0.466 e. The summed E-state index contributed by atoms with van der Waals surface area (Å²) in [7, 11) is 0. The number of carbonyl (C=O) groups excluding carboxylic acids is 2. The van der Waals surface area contributed by atoms with Crippen LogP contribution in [-0.4, -0.2) is 24.6 Å². The summed E-state index contributed by atoms with van der Waals surface area (Å²) in [6.07, 6.45) is -0.785. The van der Waals surface area contributed by atoms with Gasteiger partial charge in [-0.25, -0.2) is 0 Å². The molecule has 5 nitrogen and oxygen atoms in total. The number of amides is 1. The molecular weight excluding hydrogens is 402 g/mol. The molecule has 1 amide bonds. The van der Waals surface area contributed by atoms with E-state index in [1.807, 2.05) is 84.9 Å². The number of ether oxygens (including phenoxy) is 2. The molecule has 0 saturated carbocycles. The lowest BCUT2D eigenvalue weighted by Gasteiger charge is -2.25. The third kappa shape index (κ3) is 4.89. The van der Waals surface area contributed by atoms with Crippen LogP contribution in [0.1, 0.15) is 42.6 Å². The number of hydrogen-bond acceptors (Lipinski definition) is 4. The third-order valence-electron chi connectivity index (χ3n) is 5.55. The van der Waals surface area contributed by atoms with Gasteiger partial charge < -0.3 is 14.4 Å². The van der Waals surface area contributed by atoms with Crippen LogP contribution in [0.25, 0.3) is 0 Å². The number of anilines is 1. The number of hydrogen-bond donors (Lipinski definition) is 0. The van der Waals surface area contributed by atoms with E-state index in [1.165, 1.54) is 0 Å². The number of nitrogens with zero attached hydrogens (tertiary/aromatic N) is 1. The molecular formula is C27H27NO4. The Balaban J connectivity index is 1.73. The average molecular weight is 430 g/mol. The lowest BCUT2D eigenvalue weighted by molar-refractivity contribution is -0.145. The highest BCUT2D eigenvalue weighted by molar-refractivity contribution is 5.98. The van der Waals surface area contributed by atoms with E-state index < -0.39 is 12.2 Å². The van der Waals surface area contributed by atoms with Crippen LogP contribution in [0.4, 0.5) is 5.69 Å². The van der Waals surface area contributed by atoms with E-state index >= 15 is 0 Å². The summed E-state index contributed by atoms with van der Waals surface area (Å²) >= 11 is 0. The van der Waals surface area contributed by atoms with Crippen LogP contribution in [0.15, 0.2) is 84.9 Å². The summed E-state index contributed by atoms with van der Waals surface area (Å²) in [5.74, 6) is -0.472. The molecule has 1 aliphatic rings. The molecule has 0 aliphatic carbocycles. The van der Waals surface area contributed by atoms with Crippen molar-refractivity contribution >= 4 is 17.6 Å². The van der Waals surface area contributed by atoms with Gasteiger partial charge in [0.2, 0.25) is 0 Å². The molecule has 0 saturated heterocycles. The summed E-state index contributed by atoms with van der Waals surface area (Å²) < 4.78 is 11.5. The highest BCUT2D eigenvalue weighted by Gasteiger charge is 2.36. The molecule has 1 aliphatic heterocycles. The first-order valence-corrected chi connectivity index (χ1v) is 11.0. The third-order valence-corrected chi connectivity index (χ3v) is 5.55. The lowest BCUT2D eigenvalue weighted by atomic mass is 9.99. The van der Waals surface area contributed by atoms with Crippen molar-refractivity contribution in [2.75, 3.05) is 11.5 Å². The summed E-state index contributed by atoms with van der Waals surface area (Å²) in [5.41, 5.74) is 3.75. The highest BCUT2D eigenvalue weighted by atomic mass is 16.5. The Bertz CT molecular complexity index is 1050. The van der Waals surface area contributed by atoms with E-state index in [1.54, 1.807) is 11.8 Å². The first-order chi connectivity index (χ1) is 15.7. The van der Waals surface area contributed by atoms with E-state index in [-0.39, 0.29) is 24.7 Å². The fourth-order valence-corrected chi connectivity index (χ4v) is 4.03. The number of fused-ring (bicyclic) bond motifs is 1. The Hall–Kier alpha value is -3.44. The maximum atomic E-state index is 13.7. The molecule has 0 bridgehead atoms. The van der Waals surface area contributed by atoms with Gasteiger partial charge in [-0.15, -0.1) is 0 Å². The van der Waals surface area contributed by atoms with E-state index in [9.17, 15) is 9.59 Å². The number of carbonyl (C=O) groups is 2. The Morgan fingerprint density at radius 3 is 2.31 bits per heavy atom. The van der Waals surface area contributed by atoms with Crippen molar-refractivity contribution < 1.29 is 19.1 Å². The summed E-state index contributed by atoms with van der Waals surface area (Å²) in [4.78, 5) is 27.5. The topological polar surface area (TPSA) is 55.8 Å². The van der Waals surface area contributed by atoms with Crippen molar-refractivity contribution in [1.29, 1.82) is 0 Å². The van der Waals surface area contributed by atoms with Gasteiger partial charge in [0, 0.05) is 12.0 Å². The smallest absolute Gasteiger partial charge is 0.305 e. The maximum Gasteiger partial charge on any atom is 0.305 e. The standard InChI is InChI=1S/C27H27NO4/c1-2-31-25(29)18-17-24-27(30)28(19-20-11-5-3-6-12-20)23-16-10-9-15-22(23)26(32-24)21-13-7-4-8-14-21/h3-16,24,26H,2,17-19H2,1H3/t24-,26-/m0/s1. The molecule has 5 heteroatoms. The molecule has 0 radical (unpaired) electrons. The second kappa shape index (κ2) is 10.2. The molecule has 0 aromatic heterocycles. The molecule has 32 heavy (non-hydrogen) atoms. The average Bonchev–Trinajstić information content (AvgIpc) is 2.94. The largest absolute Gasteiger partial charge is 0.466 e. The highest BCUT2D eigenvalue weighted by Crippen LogP contribution is 2.39. The molecule has 1 heterocycles. The Labute approximate surface area is 188 Å². The van der Waals surface area contributed by atoms with Crippen LogP contribution in [-0.2, 0) is 25.6 Å². The van der Waals surface area contributed by atoms with Crippen LogP contribution >= 0.6 is 0 Å². The first-order valence-electron chi connectivity index (χ1n) is 11.0. The van der Waals surface area contributed by atoms with E-state index in [0.717, 1.165) is 22.4 Å². The fourth-order valence-electron chi connectivity index (χ4n) is 4.03. The summed E-state index contributed by atoms with van der Waals surface area (Å²) in [6, 6.07) is 27.6. The predicted octanol–water partition coefficient (Wildman–Crippen LogP) is 5.05. The van der Waals surface area contributed by atoms with Crippen LogP contribution in [0, 0.1) is 0 Å². The Morgan fingerprint density at radius 1 is 0.938 bits per heavy atom. The SMILES string of the molecule is CCOC(=O)CC[C@@H]1O[C@@H](c2ccccc2)c2ccccc2N(Cc2ccccc2)C1=O. The summed E-state index contributed by atoms with van der Waals surface area (Å²) in [5, 5.41) is 0. The zero-order chi connectivity index (χ0) is 22.3. The van der Waals surface area contributed by atoms with Gasteiger partial charge in [0.05, 0.1) is 18.8 Å². The number of rotatable bonds is 7. The van der Waals surface area contributed by atoms with Crippen molar-refractivity contribution in [3.8, 4) is 0 Å². The van der Waals surface area contributed by atoms with Gasteiger partial charge in [0.1, 0.15) is 12.2 Å². The van der Waals surface area contributed by atoms with Gasteiger partial charge in [-0.2, -0.15) is 0 Å².